The molecule has 1 N–H and O–H groups in total. The molecule has 118 valence electrons. The first-order valence-electron chi connectivity index (χ1n) is 6.97. The highest BCUT2D eigenvalue weighted by Gasteiger charge is 2.10. The number of rotatable bonds is 6. The standard InChI is InChI=1S/C15H14N4O2S2/c22-15(17-10-11-3-1-6-16-9-11)23-8-5-13-18-19-14(21-13)12-4-2-7-20-12/h1-4,6-7,9H,5,8,10H2,(H,17,22). The summed E-state index contributed by atoms with van der Waals surface area (Å²) in [6, 6.07) is 7.46. The van der Waals surface area contributed by atoms with Gasteiger partial charge in [-0.3, -0.25) is 4.98 Å². The summed E-state index contributed by atoms with van der Waals surface area (Å²) in [4.78, 5) is 4.06. The van der Waals surface area contributed by atoms with Crippen molar-refractivity contribution in [3.8, 4) is 11.7 Å². The zero-order chi connectivity index (χ0) is 15.9. The van der Waals surface area contributed by atoms with E-state index in [9.17, 15) is 0 Å². The zero-order valence-corrected chi connectivity index (χ0v) is 13.8. The molecule has 6 nitrogen and oxygen atoms in total. The minimum absolute atomic E-state index is 0.396. The lowest BCUT2D eigenvalue weighted by atomic mass is 10.3. The molecule has 0 aliphatic carbocycles. The highest BCUT2D eigenvalue weighted by molar-refractivity contribution is 8.22. The first-order chi connectivity index (χ1) is 11.3. The SMILES string of the molecule is S=C(NCc1cccnc1)SCCc1nnc(-c2ccco2)o1. The fraction of sp³-hybridized carbons (Fsp3) is 0.200. The number of nitrogens with one attached hydrogen (secondary N) is 1. The van der Waals surface area contributed by atoms with Crippen molar-refractivity contribution >= 4 is 28.3 Å². The Morgan fingerprint density at radius 3 is 3.00 bits per heavy atom. The number of thioether (sulfide) groups is 1. The molecule has 0 radical (unpaired) electrons. The number of hydrogen-bond donors (Lipinski definition) is 1. The van der Waals surface area contributed by atoms with Gasteiger partial charge >= 0.3 is 0 Å². The third kappa shape index (κ3) is 4.64. The average Bonchev–Trinajstić information content (AvgIpc) is 3.25. The minimum atomic E-state index is 0.396. The normalized spacial score (nSPS) is 10.6. The Morgan fingerprint density at radius 1 is 1.26 bits per heavy atom. The lowest BCUT2D eigenvalue weighted by Gasteiger charge is -2.06. The summed E-state index contributed by atoms with van der Waals surface area (Å²) in [6.45, 7) is 0.670. The molecule has 0 aliphatic heterocycles. The Kier molecular flexibility index (Phi) is 5.38. The van der Waals surface area contributed by atoms with E-state index in [0.29, 0.717) is 30.5 Å². The fourth-order valence-corrected chi connectivity index (χ4v) is 2.77. The van der Waals surface area contributed by atoms with Gasteiger partial charge in [0.15, 0.2) is 5.76 Å². The third-order valence-corrected chi connectivity index (χ3v) is 4.22. The van der Waals surface area contributed by atoms with E-state index in [1.54, 1.807) is 36.4 Å². The molecule has 0 saturated heterocycles. The van der Waals surface area contributed by atoms with E-state index in [0.717, 1.165) is 15.6 Å². The van der Waals surface area contributed by atoms with Gasteiger partial charge in [-0.1, -0.05) is 30.0 Å². The van der Waals surface area contributed by atoms with E-state index in [2.05, 4.69) is 20.5 Å². The summed E-state index contributed by atoms with van der Waals surface area (Å²) < 4.78 is 11.5. The number of nitrogens with zero attached hydrogens (tertiary/aromatic N) is 3. The molecule has 0 aliphatic rings. The minimum Gasteiger partial charge on any atom is -0.459 e. The van der Waals surface area contributed by atoms with E-state index in [1.165, 1.54) is 0 Å². The Morgan fingerprint density at radius 2 is 2.22 bits per heavy atom. The Hall–Kier alpha value is -2.19. The van der Waals surface area contributed by atoms with E-state index in [-0.39, 0.29) is 0 Å². The highest BCUT2D eigenvalue weighted by Crippen LogP contribution is 2.18. The summed E-state index contributed by atoms with van der Waals surface area (Å²) in [5, 5.41) is 11.1. The van der Waals surface area contributed by atoms with Crippen LogP contribution in [-0.2, 0) is 13.0 Å². The summed E-state index contributed by atoms with van der Waals surface area (Å²) in [6.07, 6.45) is 5.78. The maximum atomic E-state index is 5.54. The van der Waals surface area contributed by atoms with Crippen LogP contribution in [0.4, 0.5) is 0 Å². The second-order valence-electron chi connectivity index (χ2n) is 4.58. The van der Waals surface area contributed by atoms with E-state index >= 15 is 0 Å². The van der Waals surface area contributed by atoms with Gasteiger partial charge in [0.25, 0.3) is 5.89 Å². The van der Waals surface area contributed by atoms with Crippen molar-refractivity contribution in [2.45, 2.75) is 13.0 Å². The van der Waals surface area contributed by atoms with Crippen molar-refractivity contribution in [3.05, 3.63) is 54.4 Å². The number of thiocarbonyl (C=S) groups is 1. The lowest BCUT2D eigenvalue weighted by molar-refractivity contribution is 0.485. The smallest absolute Gasteiger partial charge is 0.283 e. The summed E-state index contributed by atoms with van der Waals surface area (Å²) in [7, 11) is 0. The summed E-state index contributed by atoms with van der Waals surface area (Å²) >= 11 is 6.83. The molecule has 3 heterocycles. The topological polar surface area (TPSA) is 77.0 Å². The van der Waals surface area contributed by atoms with Gasteiger partial charge in [-0.15, -0.1) is 10.2 Å². The number of furan rings is 1. The molecule has 0 bridgehead atoms. The van der Waals surface area contributed by atoms with Crippen molar-refractivity contribution < 1.29 is 8.83 Å². The number of aryl methyl sites for hydroxylation is 1. The molecule has 8 heteroatoms. The number of pyridine rings is 1. The van der Waals surface area contributed by atoms with Gasteiger partial charge < -0.3 is 14.2 Å². The van der Waals surface area contributed by atoms with Crippen LogP contribution >= 0.6 is 24.0 Å². The monoisotopic (exact) mass is 346 g/mol. The quantitative estimate of drug-likeness (QED) is 0.682. The molecule has 3 rings (SSSR count). The highest BCUT2D eigenvalue weighted by atomic mass is 32.2. The zero-order valence-electron chi connectivity index (χ0n) is 12.1. The average molecular weight is 346 g/mol. The van der Waals surface area contributed by atoms with Crippen molar-refractivity contribution in [2.75, 3.05) is 5.75 Å². The molecule has 0 unspecified atom stereocenters. The maximum absolute atomic E-state index is 5.54. The first kappa shape index (κ1) is 15.7. The van der Waals surface area contributed by atoms with Crippen molar-refractivity contribution in [1.82, 2.24) is 20.5 Å². The summed E-state index contributed by atoms with van der Waals surface area (Å²) in [5.41, 5.74) is 1.09. The largest absolute Gasteiger partial charge is 0.459 e. The van der Waals surface area contributed by atoms with Crippen molar-refractivity contribution in [1.29, 1.82) is 0 Å². The molecule has 3 aromatic heterocycles. The molecule has 3 aromatic rings. The molecule has 0 spiro atoms. The van der Waals surface area contributed by atoms with Gasteiger partial charge in [0.05, 0.1) is 6.26 Å². The van der Waals surface area contributed by atoms with Crippen LogP contribution in [0.1, 0.15) is 11.5 Å². The van der Waals surface area contributed by atoms with E-state index in [1.807, 2.05) is 18.3 Å². The second-order valence-corrected chi connectivity index (χ2v) is 6.35. The third-order valence-electron chi connectivity index (χ3n) is 2.91. The van der Waals surface area contributed by atoms with Crippen molar-refractivity contribution in [3.63, 3.8) is 0 Å². The van der Waals surface area contributed by atoms with Crippen LogP contribution in [0.2, 0.25) is 0 Å². The van der Waals surface area contributed by atoms with Crippen LogP contribution in [0.5, 0.6) is 0 Å². The van der Waals surface area contributed by atoms with Gasteiger partial charge in [-0.2, -0.15) is 0 Å². The summed E-state index contributed by atoms with van der Waals surface area (Å²) in [5.74, 6) is 2.30. The molecule has 0 saturated carbocycles. The molecular weight excluding hydrogens is 332 g/mol. The van der Waals surface area contributed by atoms with Crippen LogP contribution in [0.15, 0.2) is 51.8 Å². The van der Waals surface area contributed by atoms with Crippen LogP contribution in [-0.4, -0.2) is 25.3 Å². The predicted molar refractivity (Wildman–Crippen MR) is 91.8 cm³/mol. The van der Waals surface area contributed by atoms with Crippen LogP contribution in [0.3, 0.4) is 0 Å². The second kappa shape index (κ2) is 7.89. The number of aromatic nitrogens is 3. The van der Waals surface area contributed by atoms with Gasteiger partial charge in [-0.05, 0) is 23.8 Å². The molecule has 0 fully saturated rings. The van der Waals surface area contributed by atoms with Crippen LogP contribution in [0.25, 0.3) is 11.7 Å². The fourth-order valence-electron chi connectivity index (χ4n) is 1.81. The Labute approximate surface area is 142 Å². The van der Waals surface area contributed by atoms with Crippen LogP contribution < -0.4 is 5.32 Å². The molecule has 0 aromatic carbocycles. The Bertz CT molecular complexity index is 744. The van der Waals surface area contributed by atoms with E-state index in [4.69, 9.17) is 21.1 Å². The van der Waals surface area contributed by atoms with E-state index < -0.39 is 0 Å². The van der Waals surface area contributed by atoms with Gasteiger partial charge in [-0.25, -0.2) is 0 Å². The molecular formula is C15H14N4O2S2. The maximum Gasteiger partial charge on any atom is 0.283 e. The molecule has 23 heavy (non-hydrogen) atoms. The van der Waals surface area contributed by atoms with Gasteiger partial charge in [0, 0.05) is 31.1 Å². The van der Waals surface area contributed by atoms with Crippen molar-refractivity contribution in [2.24, 2.45) is 0 Å². The van der Waals surface area contributed by atoms with Gasteiger partial charge in [0.1, 0.15) is 4.32 Å². The first-order valence-corrected chi connectivity index (χ1v) is 8.36. The molecule has 0 amide bonds. The lowest BCUT2D eigenvalue weighted by Crippen LogP contribution is -2.18. The molecule has 0 atom stereocenters. The van der Waals surface area contributed by atoms with Gasteiger partial charge in [0.2, 0.25) is 5.89 Å². The number of hydrogen-bond acceptors (Lipinski definition) is 7. The Balaban J connectivity index is 1.40. The predicted octanol–water partition coefficient (Wildman–Crippen LogP) is 3.08. The van der Waals surface area contributed by atoms with Crippen LogP contribution in [0, 0.1) is 0 Å².